The maximum absolute atomic E-state index is 10.2. The SMILES string of the molecule is O=CC=Cc1ccc2ncnc(Cl)c2c1. The van der Waals surface area contributed by atoms with Crippen LogP contribution in [0.5, 0.6) is 0 Å². The second-order valence-corrected chi connectivity index (χ2v) is 3.29. The van der Waals surface area contributed by atoms with Crippen LogP contribution in [-0.2, 0) is 4.79 Å². The summed E-state index contributed by atoms with van der Waals surface area (Å²) < 4.78 is 0. The fourth-order valence-corrected chi connectivity index (χ4v) is 1.49. The Kier molecular flexibility index (Phi) is 2.74. The number of carbonyl (C=O) groups excluding carboxylic acids is 1. The highest BCUT2D eigenvalue weighted by Gasteiger charge is 2.00. The average molecular weight is 219 g/mol. The Morgan fingerprint density at radius 1 is 1.27 bits per heavy atom. The number of nitrogens with zero attached hydrogens (tertiary/aromatic N) is 2. The van der Waals surface area contributed by atoms with Gasteiger partial charge in [-0.15, -0.1) is 0 Å². The molecule has 74 valence electrons. The van der Waals surface area contributed by atoms with Crippen LogP contribution >= 0.6 is 11.6 Å². The molecule has 0 radical (unpaired) electrons. The third-order valence-electron chi connectivity index (χ3n) is 1.98. The Labute approximate surface area is 91.4 Å². The number of carbonyl (C=O) groups is 1. The summed E-state index contributed by atoms with van der Waals surface area (Å²) in [6, 6.07) is 5.55. The van der Waals surface area contributed by atoms with Crippen molar-refractivity contribution in [3.63, 3.8) is 0 Å². The molecule has 0 amide bonds. The molecular weight excluding hydrogens is 212 g/mol. The van der Waals surface area contributed by atoms with E-state index in [1.165, 1.54) is 12.4 Å². The Hall–Kier alpha value is -1.74. The Balaban J connectivity index is 2.59. The predicted molar refractivity (Wildman–Crippen MR) is 59.6 cm³/mol. The fourth-order valence-electron chi connectivity index (χ4n) is 1.30. The molecule has 0 aliphatic carbocycles. The summed E-state index contributed by atoms with van der Waals surface area (Å²) in [6.45, 7) is 0. The Morgan fingerprint density at radius 3 is 2.93 bits per heavy atom. The van der Waals surface area contributed by atoms with Crippen LogP contribution < -0.4 is 0 Å². The average Bonchev–Trinajstić information content (AvgIpc) is 2.27. The van der Waals surface area contributed by atoms with Crippen LogP contribution in [0.15, 0.2) is 30.6 Å². The number of allylic oxidation sites excluding steroid dienone is 1. The molecule has 0 atom stereocenters. The lowest BCUT2D eigenvalue weighted by atomic mass is 10.1. The summed E-state index contributed by atoms with van der Waals surface area (Å²) in [5.41, 5.74) is 1.68. The van der Waals surface area contributed by atoms with Gasteiger partial charge in [0.25, 0.3) is 0 Å². The molecule has 0 bridgehead atoms. The molecule has 1 aromatic heterocycles. The number of aldehydes is 1. The van der Waals surface area contributed by atoms with Gasteiger partial charge in [0, 0.05) is 5.39 Å². The highest BCUT2D eigenvalue weighted by Crippen LogP contribution is 2.20. The summed E-state index contributed by atoms with van der Waals surface area (Å²) in [5.74, 6) is 0. The standard InChI is InChI=1S/C11H7ClN2O/c12-11-9-6-8(2-1-5-15)3-4-10(9)13-7-14-11/h1-7H. The van der Waals surface area contributed by atoms with Crippen LogP contribution in [0.3, 0.4) is 0 Å². The van der Waals surface area contributed by atoms with Crippen LogP contribution in [0.4, 0.5) is 0 Å². The van der Waals surface area contributed by atoms with Gasteiger partial charge in [0.15, 0.2) is 0 Å². The topological polar surface area (TPSA) is 42.9 Å². The van der Waals surface area contributed by atoms with E-state index in [4.69, 9.17) is 11.6 Å². The van der Waals surface area contributed by atoms with Crippen molar-refractivity contribution in [2.45, 2.75) is 0 Å². The molecule has 3 nitrogen and oxygen atoms in total. The molecule has 0 saturated carbocycles. The van der Waals surface area contributed by atoms with Gasteiger partial charge in [-0.05, 0) is 23.8 Å². The minimum absolute atomic E-state index is 0.418. The number of aromatic nitrogens is 2. The van der Waals surface area contributed by atoms with Crippen LogP contribution in [0.1, 0.15) is 5.56 Å². The van der Waals surface area contributed by atoms with Crippen molar-refractivity contribution in [1.29, 1.82) is 0 Å². The van der Waals surface area contributed by atoms with Crippen molar-refractivity contribution in [1.82, 2.24) is 9.97 Å². The van der Waals surface area contributed by atoms with Gasteiger partial charge in [-0.1, -0.05) is 23.7 Å². The van der Waals surface area contributed by atoms with E-state index in [9.17, 15) is 4.79 Å². The number of halogens is 1. The normalized spacial score (nSPS) is 11.0. The maximum Gasteiger partial charge on any atom is 0.142 e. The zero-order chi connectivity index (χ0) is 10.7. The van der Waals surface area contributed by atoms with Crippen molar-refractivity contribution in [3.05, 3.63) is 41.3 Å². The van der Waals surface area contributed by atoms with E-state index in [-0.39, 0.29) is 0 Å². The lowest BCUT2D eigenvalue weighted by Gasteiger charge is -1.99. The van der Waals surface area contributed by atoms with Crippen LogP contribution in [0.2, 0.25) is 5.15 Å². The minimum Gasteiger partial charge on any atom is -0.299 e. The van der Waals surface area contributed by atoms with Crippen molar-refractivity contribution >= 4 is 34.9 Å². The molecule has 15 heavy (non-hydrogen) atoms. The van der Waals surface area contributed by atoms with Gasteiger partial charge in [-0.2, -0.15) is 0 Å². The third-order valence-corrected chi connectivity index (χ3v) is 2.28. The van der Waals surface area contributed by atoms with Gasteiger partial charge >= 0.3 is 0 Å². The van der Waals surface area contributed by atoms with E-state index in [0.717, 1.165) is 22.8 Å². The van der Waals surface area contributed by atoms with E-state index in [0.29, 0.717) is 5.15 Å². The molecule has 2 aromatic rings. The molecule has 2 rings (SSSR count). The molecule has 4 heteroatoms. The fraction of sp³-hybridized carbons (Fsp3) is 0. The first kappa shape index (κ1) is 9.80. The third kappa shape index (κ3) is 2.02. The van der Waals surface area contributed by atoms with Gasteiger partial charge in [0.2, 0.25) is 0 Å². The van der Waals surface area contributed by atoms with Crippen LogP contribution in [0.25, 0.3) is 17.0 Å². The zero-order valence-electron chi connectivity index (χ0n) is 7.72. The first-order valence-corrected chi connectivity index (χ1v) is 4.71. The molecule has 0 saturated heterocycles. The number of rotatable bonds is 2. The minimum atomic E-state index is 0.418. The number of fused-ring (bicyclic) bond motifs is 1. The van der Waals surface area contributed by atoms with E-state index in [1.807, 2.05) is 18.2 Å². The highest BCUT2D eigenvalue weighted by molar-refractivity contribution is 6.34. The van der Waals surface area contributed by atoms with Crippen molar-refractivity contribution in [3.8, 4) is 0 Å². The second kappa shape index (κ2) is 4.19. The molecule has 0 spiro atoms. The first-order valence-electron chi connectivity index (χ1n) is 4.33. The molecular formula is C11H7ClN2O. The van der Waals surface area contributed by atoms with Gasteiger partial charge in [-0.25, -0.2) is 9.97 Å². The maximum atomic E-state index is 10.2. The number of hydrogen-bond acceptors (Lipinski definition) is 3. The molecule has 0 unspecified atom stereocenters. The summed E-state index contributed by atoms with van der Waals surface area (Å²) in [5, 5.41) is 1.20. The van der Waals surface area contributed by atoms with E-state index < -0.39 is 0 Å². The van der Waals surface area contributed by atoms with Crippen LogP contribution in [-0.4, -0.2) is 16.3 Å². The molecule has 0 fully saturated rings. The lowest BCUT2D eigenvalue weighted by Crippen LogP contribution is -1.84. The monoisotopic (exact) mass is 218 g/mol. The zero-order valence-corrected chi connectivity index (χ0v) is 8.48. The number of benzene rings is 1. The number of hydrogen-bond donors (Lipinski definition) is 0. The van der Waals surface area contributed by atoms with Gasteiger partial charge < -0.3 is 0 Å². The van der Waals surface area contributed by atoms with Gasteiger partial charge in [0.1, 0.15) is 17.8 Å². The van der Waals surface area contributed by atoms with E-state index in [2.05, 4.69) is 9.97 Å². The van der Waals surface area contributed by atoms with Gasteiger partial charge in [-0.3, -0.25) is 4.79 Å². The molecule has 0 N–H and O–H groups in total. The second-order valence-electron chi connectivity index (χ2n) is 2.94. The summed E-state index contributed by atoms with van der Waals surface area (Å²) >= 11 is 5.92. The quantitative estimate of drug-likeness (QED) is 0.442. The lowest BCUT2D eigenvalue weighted by molar-refractivity contribution is -0.104. The Morgan fingerprint density at radius 2 is 2.13 bits per heavy atom. The highest BCUT2D eigenvalue weighted by atomic mass is 35.5. The van der Waals surface area contributed by atoms with Gasteiger partial charge in [0.05, 0.1) is 5.52 Å². The summed E-state index contributed by atoms with van der Waals surface area (Å²) in [4.78, 5) is 18.1. The van der Waals surface area contributed by atoms with E-state index in [1.54, 1.807) is 6.08 Å². The molecule has 0 aliphatic rings. The molecule has 1 heterocycles. The summed E-state index contributed by atoms with van der Waals surface area (Å²) in [7, 11) is 0. The first-order chi connectivity index (χ1) is 7.31. The predicted octanol–water partition coefficient (Wildman–Crippen LogP) is 2.50. The van der Waals surface area contributed by atoms with Crippen molar-refractivity contribution in [2.75, 3.05) is 0 Å². The molecule has 1 aromatic carbocycles. The largest absolute Gasteiger partial charge is 0.299 e. The smallest absolute Gasteiger partial charge is 0.142 e. The van der Waals surface area contributed by atoms with Crippen molar-refractivity contribution < 1.29 is 4.79 Å². The summed E-state index contributed by atoms with van der Waals surface area (Å²) in [6.07, 6.45) is 5.29. The van der Waals surface area contributed by atoms with Crippen molar-refractivity contribution in [2.24, 2.45) is 0 Å². The Bertz CT molecular complexity index is 537. The molecule has 0 aliphatic heterocycles. The van der Waals surface area contributed by atoms with Crippen LogP contribution in [0, 0.1) is 0 Å². The van der Waals surface area contributed by atoms with E-state index >= 15 is 0 Å².